The molecule has 1 rings (SSSR count). The molecule has 1 saturated carbocycles. The zero-order chi connectivity index (χ0) is 14.3. The van der Waals surface area contributed by atoms with Crippen LogP contribution < -0.4 is 5.32 Å². The van der Waals surface area contributed by atoms with E-state index in [0.29, 0.717) is 5.41 Å². The quantitative estimate of drug-likeness (QED) is 0.649. The van der Waals surface area contributed by atoms with Crippen molar-refractivity contribution in [2.45, 2.75) is 59.8 Å². The first-order valence-electron chi connectivity index (χ1n) is 8.40. The Bertz CT molecular complexity index is 229. The smallest absolute Gasteiger partial charge is 0.00470 e. The Balaban J connectivity index is 2.39. The van der Waals surface area contributed by atoms with Crippen molar-refractivity contribution < 1.29 is 0 Å². The summed E-state index contributed by atoms with van der Waals surface area (Å²) in [5.41, 5.74) is 0.466. The summed E-state index contributed by atoms with van der Waals surface area (Å²) < 4.78 is 0. The fraction of sp³-hybridized carbons (Fsp3) is 1.00. The molecule has 1 fully saturated rings. The van der Waals surface area contributed by atoms with Crippen molar-refractivity contribution in [1.82, 2.24) is 10.2 Å². The fourth-order valence-corrected chi connectivity index (χ4v) is 3.16. The van der Waals surface area contributed by atoms with Crippen LogP contribution in [0.5, 0.6) is 0 Å². The van der Waals surface area contributed by atoms with E-state index in [0.717, 1.165) is 18.4 Å². The van der Waals surface area contributed by atoms with E-state index < -0.39 is 0 Å². The van der Waals surface area contributed by atoms with Crippen LogP contribution in [0, 0.1) is 17.3 Å². The number of rotatable bonds is 10. The highest BCUT2D eigenvalue weighted by Crippen LogP contribution is 2.30. The van der Waals surface area contributed by atoms with E-state index >= 15 is 0 Å². The summed E-state index contributed by atoms with van der Waals surface area (Å²) in [7, 11) is 2.32. The number of nitrogens with one attached hydrogen (secondary N) is 1. The van der Waals surface area contributed by atoms with E-state index in [1.165, 1.54) is 51.7 Å². The van der Waals surface area contributed by atoms with Crippen molar-refractivity contribution in [2.24, 2.45) is 17.3 Å². The van der Waals surface area contributed by atoms with Crippen LogP contribution in [0.3, 0.4) is 0 Å². The molecule has 0 bridgehead atoms. The predicted octanol–water partition coefficient (Wildman–Crippen LogP) is 3.77. The minimum Gasteiger partial charge on any atom is -0.316 e. The molecule has 0 spiro atoms. The Morgan fingerprint density at radius 3 is 2.26 bits per heavy atom. The second kappa shape index (κ2) is 8.26. The van der Waals surface area contributed by atoms with Gasteiger partial charge in [0, 0.05) is 19.6 Å². The van der Waals surface area contributed by atoms with Gasteiger partial charge in [0.1, 0.15) is 0 Å². The largest absolute Gasteiger partial charge is 0.316 e. The van der Waals surface area contributed by atoms with E-state index in [9.17, 15) is 0 Å². The van der Waals surface area contributed by atoms with Gasteiger partial charge in [0.2, 0.25) is 0 Å². The molecule has 2 nitrogen and oxygen atoms in total. The summed E-state index contributed by atoms with van der Waals surface area (Å²) in [6.07, 6.45) is 6.94. The lowest BCUT2D eigenvalue weighted by Gasteiger charge is -2.39. The van der Waals surface area contributed by atoms with Gasteiger partial charge in [-0.2, -0.15) is 0 Å². The zero-order valence-corrected chi connectivity index (χ0v) is 14.0. The van der Waals surface area contributed by atoms with Crippen molar-refractivity contribution in [3.8, 4) is 0 Å². The summed E-state index contributed by atoms with van der Waals surface area (Å²) >= 11 is 0. The predicted molar refractivity (Wildman–Crippen MR) is 85.6 cm³/mol. The minimum absolute atomic E-state index is 0.466. The topological polar surface area (TPSA) is 15.3 Å². The highest BCUT2D eigenvalue weighted by Gasteiger charge is 2.29. The molecule has 1 aliphatic rings. The SMILES string of the molecule is CCC(CC)(CNCC(C)C)CN(C)CC1CCC1. The van der Waals surface area contributed by atoms with Gasteiger partial charge >= 0.3 is 0 Å². The van der Waals surface area contributed by atoms with Crippen LogP contribution in [0.25, 0.3) is 0 Å². The first kappa shape index (κ1) is 17.0. The highest BCUT2D eigenvalue weighted by molar-refractivity contribution is 4.84. The van der Waals surface area contributed by atoms with Crippen molar-refractivity contribution in [1.29, 1.82) is 0 Å². The molecule has 0 aliphatic heterocycles. The van der Waals surface area contributed by atoms with Gasteiger partial charge in [0.15, 0.2) is 0 Å². The van der Waals surface area contributed by atoms with Gasteiger partial charge in [-0.15, -0.1) is 0 Å². The van der Waals surface area contributed by atoms with Crippen LogP contribution in [-0.4, -0.2) is 38.1 Å². The van der Waals surface area contributed by atoms with Gasteiger partial charge in [-0.05, 0) is 56.5 Å². The third-order valence-corrected chi connectivity index (χ3v) is 4.95. The number of hydrogen-bond donors (Lipinski definition) is 1. The third-order valence-electron chi connectivity index (χ3n) is 4.95. The molecule has 19 heavy (non-hydrogen) atoms. The van der Waals surface area contributed by atoms with Gasteiger partial charge in [-0.25, -0.2) is 0 Å². The van der Waals surface area contributed by atoms with Crippen LogP contribution in [0.4, 0.5) is 0 Å². The molecule has 1 aliphatic carbocycles. The van der Waals surface area contributed by atoms with Crippen molar-refractivity contribution in [3.63, 3.8) is 0 Å². The summed E-state index contributed by atoms with van der Waals surface area (Å²) in [5, 5.41) is 3.69. The van der Waals surface area contributed by atoms with Gasteiger partial charge in [0.05, 0.1) is 0 Å². The second-order valence-corrected chi connectivity index (χ2v) is 7.23. The molecular weight excluding hydrogens is 232 g/mol. The zero-order valence-electron chi connectivity index (χ0n) is 14.0. The van der Waals surface area contributed by atoms with Crippen LogP contribution in [0.1, 0.15) is 59.8 Å². The standard InChI is InChI=1S/C17H36N2/c1-6-17(7-2,13-18-11-15(3)4)14-19(5)12-16-9-8-10-16/h15-16,18H,6-14H2,1-5H3. The summed E-state index contributed by atoms with van der Waals surface area (Å²) in [6.45, 7) is 14.2. The maximum Gasteiger partial charge on any atom is 0.00470 e. The van der Waals surface area contributed by atoms with Crippen LogP contribution in [-0.2, 0) is 0 Å². The number of hydrogen-bond acceptors (Lipinski definition) is 2. The molecule has 0 aromatic heterocycles. The van der Waals surface area contributed by atoms with Crippen LogP contribution in [0.15, 0.2) is 0 Å². The third kappa shape index (κ3) is 5.83. The first-order valence-corrected chi connectivity index (χ1v) is 8.40. The second-order valence-electron chi connectivity index (χ2n) is 7.23. The van der Waals surface area contributed by atoms with Gasteiger partial charge in [-0.3, -0.25) is 0 Å². The molecule has 0 unspecified atom stereocenters. The molecule has 0 atom stereocenters. The lowest BCUT2D eigenvalue weighted by Crippen LogP contribution is -2.44. The minimum atomic E-state index is 0.466. The Labute approximate surface area is 121 Å². The monoisotopic (exact) mass is 268 g/mol. The summed E-state index contributed by atoms with van der Waals surface area (Å²) in [5.74, 6) is 1.74. The van der Waals surface area contributed by atoms with E-state index in [2.05, 4.69) is 45.0 Å². The van der Waals surface area contributed by atoms with Crippen LogP contribution >= 0.6 is 0 Å². The molecule has 0 aromatic rings. The molecule has 0 saturated heterocycles. The molecule has 2 heteroatoms. The molecule has 0 aromatic carbocycles. The molecule has 1 N–H and O–H groups in total. The van der Waals surface area contributed by atoms with E-state index in [4.69, 9.17) is 0 Å². The van der Waals surface area contributed by atoms with E-state index in [1.54, 1.807) is 0 Å². The molecular formula is C17H36N2. The lowest BCUT2D eigenvalue weighted by atomic mass is 9.80. The van der Waals surface area contributed by atoms with Gasteiger partial charge < -0.3 is 10.2 Å². The summed E-state index contributed by atoms with van der Waals surface area (Å²) in [4.78, 5) is 2.59. The van der Waals surface area contributed by atoms with Crippen LogP contribution in [0.2, 0.25) is 0 Å². The maximum absolute atomic E-state index is 3.69. The molecule has 0 radical (unpaired) electrons. The van der Waals surface area contributed by atoms with Gasteiger partial charge in [0.25, 0.3) is 0 Å². The van der Waals surface area contributed by atoms with Crippen molar-refractivity contribution in [2.75, 3.05) is 33.2 Å². The average molecular weight is 268 g/mol. The Morgan fingerprint density at radius 1 is 1.21 bits per heavy atom. The summed E-state index contributed by atoms with van der Waals surface area (Å²) in [6, 6.07) is 0. The average Bonchev–Trinajstić information content (AvgIpc) is 2.32. The lowest BCUT2D eigenvalue weighted by molar-refractivity contribution is 0.122. The fourth-order valence-electron chi connectivity index (χ4n) is 3.16. The van der Waals surface area contributed by atoms with Gasteiger partial charge in [-0.1, -0.05) is 34.1 Å². The Morgan fingerprint density at radius 2 is 1.84 bits per heavy atom. The number of nitrogens with zero attached hydrogens (tertiary/aromatic N) is 1. The first-order chi connectivity index (χ1) is 9.01. The van der Waals surface area contributed by atoms with Crippen molar-refractivity contribution >= 4 is 0 Å². The van der Waals surface area contributed by atoms with E-state index in [1.807, 2.05) is 0 Å². The Kier molecular flexibility index (Phi) is 7.38. The molecule has 0 heterocycles. The Hall–Kier alpha value is -0.0800. The van der Waals surface area contributed by atoms with E-state index in [-0.39, 0.29) is 0 Å². The normalized spacial score (nSPS) is 17.2. The highest BCUT2D eigenvalue weighted by atomic mass is 15.1. The molecule has 0 amide bonds. The molecule has 114 valence electrons. The maximum atomic E-state index is 3.69. The van der Waals surface area contributed by atoms with Crippen molar-refractivity contribution in [3.05, 3.63) is 0 Å².